The van der Waals surface area contributed by atoms with Crippen LogP contribution < -0.4 is 5.73 Å². The van der Waals surface area contributed by atoms with Gasteiger partial charge in [0, 0.05) is 6.20 Å². The van der Waals surface area contributed by atoms with Crippen LogP contribution in [0, 0.1) is 11.3 Å². The standard InChI is InChI=1S/C8H7F2N3/c9-8(10)7-6(12)5(1-3-11)2-4-13-7/h2,4,8H,1,12H2. The lowest BCUT2D eigenvalue weighted by molar-refractivity contribution is 0.147. The van der Waals surface area contributed by atoms with E-state index in [1.54, 1.807) is 0 Å². The highest BCUT2D eigenvalue weighted by Gasteiger charge is 2.14. The van der Waals surface area contributed by atoms with Crippen LogP contribution in [0.3, 0.4) is 0 Å². The van der Waals surface area contributed by atoms with Crippen molar-refractivity contribution in [2.45, 2.75) is 12.8 Å². The van der Waals surface area contributed by atoms with Crippen LogP contribution in [0.5, 0.6) is 0 Å². The van der Waals surface area contributed by atoms with E-state index in [4.69, 9.17) is 11.0 Å². The zero-order valence-corrected chi connectivity index (χ0v) is 6.67. The summed E-state index contributed by atoms with van der Waals surface area (Å²) < 4.78 is 24.4. The van der Waals surface area contributed by atoms with Gasteiger partial charge in [-0.3, -0.25) is 4.98 Å². The van der Waals surface area contributed by atoms with E-state index in [9.17, 15) is 8.78 Å². The second-order valence-corrected chi connectivity index (χ2v) is 2.40. The van der Waals surface area contributed by atoms with Crippen molar-refractivity contribution in [3.63, 3.8) is 0 Å². The van der Waals surface area contributed by atoms with E-state index < -0.39 is 12.1 Å². The van der Waals surface area contributed by atoms with Crippen molar-refractivity contribution in [1.29, 1.82) is 5.26 Å². The van der Waals surface area contributed by atoms with Gasteiger partial charge in [0.15, 0.2) is 0 Å². The molecule has 0 atom stereocenters. The minimum Gasteiger partial charge on any atom is -0.397 e. The summed E-state index contributed by atoms with van der Waals surface area (Å²) >= 11 is 0. The molecule has 0 aromatic carbocycles. The van der Waals surface area contributed by atoms with Crippen LogP contribution in [0.1, 0.15) is 17.7 Å². The van der Waals surface area contributed by atoms with E-state index in [0.29, 0.717) is 5.56 Å². The summed E-state index contributed by atoms with van der Waals surface area (Å²) in [5.41, 5.74) is 5.24. The fourth-order valence-corrected chi connectivity index (χ4v) is 0.945. The largest absolute Gasteiger partial charge is 0.397 e. The molecule has 68 valence electrons. The maximum Gasteiger partial charge on any atom is 0.282 e. The van der Waals surface area contributed by atoms with Gasteiger partial charge in [0.25, 0.3) is 6.43 Å². The van der Waals surface area contributed by atoms with Crippen LogP contribution in [0.15, 0.2) is 12.3 Å². The number of hydrogen-bond donors (Lipinski definition) is 1. The van der Waals surface area contributed by atoms with Crippen LogP contribution in [0.2, 0.25) is 0 Å². The van der Waals surface area contributed by atoms with Crippen molar-refractivity contribution in [2.24, 2.45) is 0 Å². The second kappa shape index (κ2) is 3.81. The van der Waals surface area contributed by atoms with Crippen molar-refractivity contribution >= 4 is 5.69 Å². The molecule has 3 nitrogen and oxygen atoms in total. The fraction of sp³-hybridized carbons (Fsp3) is 0.250. The van der Waals surface area contributed by atoms with Gasteiger partial charge in [-0.15, -0.1) is 0 Å². The van der Waals surface area contributed by atoms with E-state index in [0.717, 1.165) is 0 Å². The molecule has 5 heteroatoms. The molecule has 0 aliphatic heterocycles. The molecule has 0 aliphatic carbocycles. The Kier molecular flexibility index (Phi) is 2.75. The smallest absolute Gasteiger partial charge is 0.282 e. The molecule has 0 radical (unpaired) electrons. The molecule has 0 spiro atoms. The average Bonchev–Trinajstić information content (AvgIpc) is 2.08. The number of aromatic nitrogens is 1. The number of nitrogens with zero attached hydrogens (tertiary/aromatic N) is 2. The first-order valence-corrected chi connectivity index (χ1v) is 3.55. The average molecular weight is 183 g/mol. The summed E-state index contributed by atoms with van der Waals surface area (Å²) in [6.45, 7) is 0. The third kappa shape index (κ3) is 1.90. The predicted octanol–water partition coefficient (Wildman–Crippen LogP) is 1.67. The van der Waals surface area contributed by atoms with E-state index in [2.05, 4.69) is 4.98 Å². The van der Waals surface area contributed by atoms with Crippen LogP contribution in [-0.4, -0.2) is 4.98 Å². The van der Waals surface area contributed by atoms with Crippen molar-refractivity contribution in [1.82, 2.24) is 4.98 Å². The molecule has 0 fully saturated rings. The Bertz CT molecular complexity index is 344. The van der Waals surface area contributed by atoms with E-state index in [1.807, 2.05) is 6.07 Å². The third-order valence-corrected chi connectivity index (χ3v) is 1.59. The zero-order valence-electron chi connectivity index (χ0n) is 6.67. The second-order valence-electron chi connectivity index (χ2n) is 2.40. The summed E-state index contributed by atoms with van der Waals surface area (Å²) in [6.07, 6.45) is -1.45. The molecule has 13 heavy (non-hydrogen) atoms. The first-order chi connectivity index (χ1) is 6.16. The highest BCUT2D eigenvalue weighted by molar-refractivity contribution is 5.51. The number of pyridine rings is 1. The lowest BCUT2D eigenvalue weighted by Crippen LogP contribution is -2.02. The fourth-order valence-electron chi connectivity index (χ4n) is 0.945. The highest BCUT2D eigenvalue weighted by Crippen LogP contribution is 2.25. The number of nitriles is 1. The first kappa shape index (κ1) is 9.39. The van der Waals surface area contributed by atoms with Gasteiger partial charge >= 0.3 is 0 Å². The maximum atomic E-state index is 12.2. The van der Waals surface area contributed by atoms with Crippen LogP contribution in [-0.2, 0) is 6.42 Å². The summed E-state index contributed by atoms with van der Waals surface area (Å²) in [4.78, 5) is 3.44. The minimum absolute atomic E-state index is 0.0219. The number of hydrogen-bond acceptors (Lipinski definition) is 3. The summed E-state index contributed by atoms with van der Waals surface area (Å²) in [5, 5.41) is 8.36. The molecule has 2 N–H and O–H groups in total. The van der Waals surface area contributed by atoms with Gasteiger partial charge in [-0.1, -0.05) is 0 Å². The highest BCUT2D eigenvalue weighted by atomic mass is 19.3. The molecule has 0 unspecified atom stereocenters. The van der Waals surface area contributed by atoms with Gasteiger partial charge in [-0.2, -0.15) is 5.26 Å². The molecule has 1 aromatic heterocycles. The first-order valence-electron chi connectivity index (χ1n) is 3.55. The molecular formula is C8H7F2N3. The minimum atomic E-state index is -2.70. The van der Waals surface area contributed by atoms with Crippen molar-refractivity contribution in [3.8, 4) is 6.07 Å². The van der Waals surface area contributed by atoms with E-state index in [1.165, 1.54) is 12.3 Å². The Balaban J connectivity index is 3.12. The molecule has 0 amide bonds. The van der Waals surface area contributed by atoms with Gasteiger partial charge < -0.3 is 5.73 Å². The number of halogens is 2. The lowest BCUT2D eigenvalue weighted by Gasteiger charge is -2.05. The van der Waals surface area contributed by atoms with Gasteiger partial charge in [-0.05, 0) is 11.6 Å². The number of rotatable bonds is 2. The molecule has 1 rings (SSSR count). The molecule has 0 saturated heterocycles. The Hall–Kier alpha value is -1.70. The van der Waals surface area contributed by atoms with Crippen LogP contribution >= 0.6 is 0 Å². The predicted molar refractivity (Wildman–Crippen MR) is 42.9 cm³/mol. The molecule has 1 aromatic rings. The van der Waals surface area contributed by atoms with E-state index in [-0.39, 0.29) is 12.1 Å². The maximum absolute atomic E-state index is 12.2. The van der Waals surface area contributed by atoms with Gasteiger partial charge in [0.05, 0.1) is 18.2 Å². The topological polar surface area (TPSA) is 62.7 Å². The molecule has 1 heterocycles. The van der Waals surface area contributed by atoms with Crippen molar-refractivity contribution in [3.05, 3.63) is 23.5 Å². The van der Waals surface area contributed by atoms with Crippen molar-refractivity contribution < 1.29 is 8.78 Å². The molecule has 0 bridgehead atoms. The zero-order chi connectivity index (χ0) is 9.84. The van der Waals surface area contributed by atoms with Crippen LogP contribution in [0.25, 0.3) is 0 Å². The quantitative estimate of drug-likeness (QED) is 0.758. The number of anilines is 1. The van der Waals surface area contributed by atoms with Gasteiger partial charge in [0.1, 0.15) is 5.69 Å². The summed E-state index contributed by atoms with van der Waals surface area (Å²) in [5.74, 6) is 0. The normalized spacial score (nSPS) is 10.0. The Labute approximate surface area is 73.8 Å². The Morgan fingerprint density at radius 3 is 2.85 bits per heavy atom. The van der Waals surface area contributed by atoms with E-state index >= 15 is 0 Å². The molecule has 0 saturated carbocycles. The van der Waals surface area contributed by atoms with Crippen LogP contribution in [0.4, 0.5) is 14.5 Å². The molecular weight excluding hydrogens is 176 g/mol. The lowest BCUT2D eigenvalue weighted by atomic mass is 10.1. The van der Waals surface area contributed by atoms with Gasteiger partial charge in [-0.25, -0.2) is 8.78 Å². The third-order valence-electron chi connectivity index (χ3n) is 1.59. The Morgan fingerprint density at radius 1 is 1.62 bits per heavy atom. The summed E-state index contributed by atoms with van der Waals surface area (Å²) in [6, 6.07) is 3.30. The summed E-state index contributed by atoms with van der Waals surface area (Å²) in [7, 11) is 0. The number of nitrogen functional groups attached to an aromatic ring is 1. The Morgan fingerprint density at radius 2 is 2.31 bits per heavy atom. The van der Waals surface area contributed by atoms with Crippen molar-refractivity contribution in [2.75, 3.05) is 5.73 Å². The monoisotopic (exact) mass is 183 g/mol. The van der Waals surface area contributed by atoms with Gasteiger partial charge in [0.2, 0.25) is 0 Å². The molecule has 0 aliphatic rings. The SMILES string of the molecule is N#CCc1ccnc(C(F)F)c1N. The number of alkyl halides is 2. The number of nitrogens with two attached hydrogens (primary N) is 1.